The van der Waals surface area contributed by atoms with Crippen molar-refractivity contribution in [3.8, 4) is 5.69 Å². The number of rotatable bonds is 5. The van der Waals surface area contributed by atoms with Gasteiger partial charge in [-0.2, -0.15) is 5.10 Å². The summed E-state index contributed by atoms with van der Waals surface area (Å²) in [6, 6.07) is 13.2. The van der Waals surface area contributed by atoms with E-state index in [0.717, 1.165) is 54.7 Å². The lowest BCUT2D eigenvalue weighted by molar-refractivity contribution is 0.102. The minimum absolute atomic E-state index is 0.245. The van der Waals surface area contributed by atoms with Gasteiger partial charge < -0.3 is 0 Å². The van der Waals surface area contributed by atoms with Crippen LogP contribution in [0.15, 0.2) is 55.0 Å². The van der Waals surface area contributed by atoms with Gasteiger partial charge in [-0.1, -0.05) is 24.1 Å². The first kappa shape index (κ1) is 20.4. The number of nitrogens with zero attached hydrogens (tertiary/aromatic N) is 6. The summed E-state index contributed by atoms with van der Waals surface area (Å²) in [5.41, 5.74) is 4.27. The molecule has 3 heterocycles. The Balaban J connectivity index is 1.41. The van der Waals surface area contributed by atoms with E-state index in [1.807, 2.05) is 47.1 Å². The second-order valence-electron chi connectivity index (χ2n) is 7.76. The molecule has 32 heavy (non-hydrogen) atoms. The molecule has 0 spiro atoms. The van der Waals surface area contributed by atoms with Crippen LogP contribution in [0, 0.1) is 0 Å². The summed E-state index contributed by atoms with van der Waals surface area (Å²) in [6.07, 6.45) is 8.27. The second kappa shape index (κ2) is 8.92. The van der Waals surface area contributed by atoms with Crippen molar-refractivity contribution in [3.63, 3.8) is 0 Å². The molecule has 0 aliphatic heterocycles. The number of fused-ring (bicyclic) bond motifs is 1. The number of halogens is 1. The molecule has 0 atom stereocenters. The molecule has 8 nitrogen and oxygen atoms in total. The van der Waals surface area contributed by atoms with Gasteiger partial charge >= 0.3 is 0 Å². The van der Waals surface area contributed by atoms with Gasteiger partial charge in [-0.05, 0) is 62.1 Å². The van der Waals surface area contributed by atoms with E-state index < -0.39 is 0 Å². The zero-order valence-electron chi connectivity index (χ0n) is 17.4. The lowest BCUT2D eigenvalue weighted by Gasteiger charge is -2.07. The Morgan fingerprint density at radius 2 is 1.84 bits per heavy atom. The van der Waals surface area contributed by atoms with Crippen molar-refractivity contribution >= 4 is 23.5 Å². The van der Waals surface area contributed by atoms with Gasteiger partial charge in [-0.15, -0.1) is 5.10 Å². The third-order valence-corrected chi connectivity index (χ3v) is 5.78. The SMILES string of the molecule is O=C(Nc1ncn(Cc2ccccn2)n1)c1nn(-c2ccc(Cl)cc2)c2c1CCCCC2. The van der Waals surface area contributed by atoms with Gasteiger partial charge in [0.15, 0.2) is 5.69 Å². The quantitative estimate of drug-likeness (QED) is 0.465. The van der Waals surface area contributed by atoms with Crippen molar-refractivity contribution in [1.82, 2.24) is 29.5 Å². The molecule has 1 aliphatic carbocycles. The Morgan fingerprint density at radius 3 is 2.66 bits per heavy atom. The van der Waals surface area contributed by atoms with E-state index in [2.05, 4.69) is 20.4 Å². The molecule has 0 unspecified atom stereocenters. The Morgan fingerprint density at radius 1 is 1.00 bits per heavy atom. The molecule has 0 fully saturated rings. The average Bonchev–Trinajstić information content (AvgIpc) is 3.31. The molecule has 0 radical (unpaired) electrons. The molecule has 9 heteroatoms. The van der Waals surface area contributed by atoms with Crippen LogP contribution < -0.4 is 5.32 Å². The average molecular weight is 448 g/mol. The number of aromatic nitrogens is 6. The number of hydrogen-bond acceptors (Lipinski definition) is 5. The number of carbonyl (C=O) groups excluding carboxylic acids is 1. The zero-order chi connectivity index (χ0) is 21.9. The molecule has 1 aliphatic rings. The van der Waals surface area contributed by atoms with Crippen LogP contribution in [-0.4, -0.2) is 35.4 Å². The maximum Gasteiger partial charge on any atom is 0.278 e. The van der Waals surface area contributed by atoms with Gasteiger partial charge in [0.25, 0.3) is 5.91 Å². The van der Waals surface area contributed by atoms with E-state index in [1.54, 1.807) is 17.2 Å². The summed E-state index contributed by atoms with van der Waals surface area (Å²) >= 11 is 6.05. The van der Waals surface area contributed by atoms with Gasteiger partial charge in [0.2, 0.25) is 5.95 Å². The normalized spacial score (nSPS) is 13.4. The van der Waals surface area contributed by atoms with E-state index >= 15 is 0 Å². The van der Waals surface area contributed by atoms with Gasteiger partial charge in [0, 0.05) is 22.5 Å². The molecule has 4 aromatic rings. The van der Waals surface area contributed by atoms with Crippen LogP contribution in [0.4, 0.5) is 5.95 Å². The Labute approximate surface area is 190 Å². The molecule has 0 saturated carbocycles. The summed E-state index contributed by atoms with van der Waals surface area (Å²) in [6.45, 7) is 0.476. The van der Waals surface area contributed by atoms with E-state index in [0.29, 0.717) is 17.3 Å². The molecular weight excluding hydrogens is 426 g/mol. The molecule has 1 N–H and O–H groups in total. The summed E-state index contributed by atoms with van der Waals surface area (Å²) in [5, 5.41) is 12.5. The van der Waals surface area contributed by atoms with E-state index in [4.69, 9.17) is 16.7 Å². The molecule has 3 aromatic heterocycles. The lowest BCUT2D eigenvalue weighted by Crippen LogP contribution is -2.16. The van der Waals surface area contributed by atoms with Crippen LogP contribution in [-0.2, 0) is 19.4 Å². The third kappa shape index (κ3) is 4.27. The van der Waals surface area contributed by atoms with Crippen molar-refractivity contribution in [2.24, 2.45) is 0 Å². The van der Waals surface area contributed by atoms with Crippen LogP contribution in [0.25, 0.3) is 5.69 Å². The molecule has 162 valence electrons. The van der Waals surface area contributed by atoms with Crippen molar-refractivity contribution in [3.05, 3.63) is 82.7 Å². The highest BCUT2D eigenvalue weighted by Gasteiger charge is 2.25. The van der Waals surface area contributed by atoms with Crippen LogP contribution in [0.3, 0.4) is 0 Å². The molecule has 0 bridgehead atoms. The number of nitrogens with one attached hydrogen (secondary N) is 1. The first-order valence-electron chi connectivity index (χ1n) is 10.6. The summed E-state index contributed by atoms with van der Waals surface area (Å²) < 4.78 is 3.52. The van der Waals surface area contributed by atoms with E-state index in [9.17, 15) is 4.79 Å². The zero-order valence-corrected chi connectivity index (χ0v) is 18.2. The molecule has 1 amide bonds. The topological polar surface area (TPSA) is 90.5 Å². The second-order valence-corrected chi connectivity index (χ2v) is 8.20. The predicted molar refractivity (Wildman–Crippen MR) is 121 cm³/mol. The maximum absolute atomic E-state index is 13.2. The largest absolute Gasteiger partial charge is 0.288 e. The predicted octanol–water partition coefficient (Wildman–Crippen LogP) is 4.08. The summed E-state index contributed by atoms with van der Waals surface area (Å²) in [5.74, 6) is -0.0548. The number of pyridine rings is 1. The van der Waals surface area contributed by atoms with E-state index in [-0.39, 0.29) is 11.9 Å². The first-order chi connectivity index (χ1) is 15.7. The lowest BCUT2D eigenvalue weighted by atomic mass is 10.1. The van der Waals surface area contributed by atoms with Crippen LogP contribution >= 0.6 is 11.6 Å². The number of anilines is 1. The Bertz CT molecular complexity index is 1230. The van der Waals surface area contributed by atoms with Gasteiger partial charge in [-0.25, -0.2) is 14.3 Å². The smallest absolute Gasteiger partial charge is 0.278 e. The first-order valence-corrected chi connectivity index (χ1v) is 11.0. The number of amides is 1. The molecule has 0 saturated heterocycles. The summed E-state index contributed by atoms with van der Waals surface area (Å²) in [4.78, 5) is 21.7. The monoisotopic (exact) mass is 447 g/mol. The van der Waals surface area contributed by atoms with Crippen molar-refractivity contribution in [2.45, 2.75) is 38.6 Å². The van der Waals surface area contributed by atoms with Gasteiger partial charge in [0.05, 0.1) is 17.9 Å². The fraction of sp³-hybridized carbons (Fsp3) is 0.261. The molecule has 1 aromatic carbocycles. The Hall–Kier alpha value is -3.52. The minimum Gasteiger partial charge on any atom is -0.288 e. The van der Waals surface area contributed by atoms with Gasteiger partial charge in [-0.3, -0.25) is 15.1 Å². The van der Waals surface area contributed by atoms with Crippen molar-refractivity contribution < 1.29 is 4.79 Å². The fourth-order valence-electron chi connectivity index (χ4n) is 4.00. The molecule has 5 rings (SSSR count). The maximum atomic E-state index is 13.2. The highest BCUT2D eigenvalue weighted by Crippen LogP contribution is 2.27. The number of carbonyl (C=O) groups is 1. The molecular formula is C23H22ClN7O. The standard InChI is InChI=1S/C23H22ClN7O/c24-16-9-11-18(12-10-16)31-20-8-3-1-2-7-19(20)21(28-31)22(32)27-23-26-15-30(29-23)14-17-6-4-5-13-25-17/h4-6,9-13,15H,1-3,7-8,14H2,(H,27,29,32). The fourth-order valence-corrected chi connectivity index (χ4v) is 4.13. The summed E-state index contributed by atoms with van der Waals surface area (Å²) in [7, 11) is 0. The van der Waals surface area contributed by atoms with Crippen molar-refractivity contribution in [1.29, 1.82) is 0 Å². The van der Waals surface area contributed by atoms with Crippen molar-refractivity contribution in [2.75, 3.05) is 5.32 Å². The highest BCUT2D eigenvalue weighted by atomic mass is 35.5. The van der Waals surface area contributed by atoms with E-state index in [1.165, 1.54) is 0 Å². The van der Waals surface area contributed by atoms with Crippen LogP contribution in [0.2, 0.25) is 5.02 Å². The number of hydrogen-bond donors (Lipinski definition) is 1. The third-order valence-electron chi connectivity index (χ3n) is 5.53. The minimum atomic E-state index is -0.300. The van der Waals surface area contributed by atoms with Crippen LogP contribution in [0.5, 0.6) is 0 Å². The van der Waals surface area contributed by atoms with Gasteiger partial charge in [0.1, 0.15) is 6.33 Å². The highest BCUT2D eigenvalue weighted by molar-refractivity contribution is 6.30. The number of benzene rings is 1. The Kier molecular flexibility index (Phi) is 5.68. The van der Waals surface area contributed by atoms with Crippen LogP contribution in [0.1, 0.15) is 46.7 Å².